The van der Waals surface area contributed by atoms with E-state index in [1.165, 1.54) is 0 Å². The molecule has 0 bridgehead atoms. The number of rotatable bonds is 4. The molecular formula is C10H14BrNO. The van der Waals surface area contributed by atoms with Gasteiger partial charge in [-0.1, -0.05) is 28.1 Å². The fourth-order valence-electron chi connectivity index (χ4n) is 1.16. The third kappa shape index (κ3) is 3.46. The maximum absolute atomic E-state index is 9.67. The molecule has 1 rings (SSSR count). The average molecular weight is 244 g/mol. The molecule has 0 saturated carbocycles. The Bertz CT molecular complexity index is 248. The van der Waals surface area contributed by atoms with Crippen LogP contribution in [-0.2, 0) is 0 Å². The highest BCUT2D eigenvalue weighted by atomic mass is 79.9. The molecule has 0 aliphatic carbocycles. The molecule has 1 aromatic carbocycles. The second-order valence-electron chi connectivity index (χ2n) is 3.00. The minimum absolute atomic E-state index is 0.378. The van der Waals surface area contributed by atoms with E-state index in [0.29, 0.717) is 6.54 Å². The molecule has 3 N–H and O–H groups in total. The van der Waals surface area contributed by atoms with E-state index >= 15 is 0 Å². The standard InChI is InChI=1S/C10H14BrNO/c11-9-5-3-8(4-6-9)10(13)2-1-7-12/h3-6,10,13H,1-2,7,12H2/t10-/m0/s1. The molecule has 0 radical (unpaired) electrons. The van der Waals surface area contributed by atoms with Crippen molar-refractivity contribution in [1.29, 1.82) is 0 Å². The topological polar surface area (TPSA) is 46.2 Å². The number of hydrogen-bond donors (Lipinski definition) is 2. The largest absolute Gasteiger partial charge is 0.388 e. The van der Waals surface area contributed by atoms with Crippen LogP contribution >= 0.6 is 15.9 Å². The minimum atomic E-state index is -0.378. The third-order valence-corrected chi connectivity index (χ3v) is 2.47. The first-order valence-corrected chi connectivity index (χ1v) is 5.17. The van der Waals surface area contributed by atoms with Crippen molar-refractivity contribution in [2.75, 3.05) is 6.54 Å². The molecular weight excluding hydrogens is 230 g/mol. The highest BCUT2D eigenvalue weighted by Crippen LogP contribution is 2.19. The van der Waals surface area contributed by atoms with Crippen molar-refractivity contribution in [3.05, 3.63) is 34.3 Å². The molecule has 3 heteroatoms. The lowest BCUT2D eigenvalue weighted by Gasteiger charge is -2.09. The Kier molecular flexibility index (Phi) is 4.42. The van der Waals surface area contributed by atoms with Crippen LogP contribution in [0.15, 0.2) is 28.7 Å². The van der Waals surface area contributed by atoms with Gasteiger partial charge < -0.3 is 10.8 Å². The monoisotopic (exact) mass is 243 g/mol. The first-order valence-electron chi connectivity index (χ1n) is 4.37. The number of hydrogen-bond acceptors (Lipinski definition) is 2. The smallest absolute Gasteiger partial charge is 0.0790 e. The van der Waals surface area contributed by atoms with Crippen molar-refractivity contribution in [3.63, 3.8) is 0 Å². The first kappa shape index (κ1) is 10.7. The third-order valence-electron chi connectivity index (χ3n) is 1.94. The van der Waals surface area contributed by atoms with Crippen LogP contribution in [0.5, 0.6) is 0 Å². The number of halogens is 1. The van der Waals surface area contributed by atoms with Gasteiger partial charge in [0.05, 0.1) is 6.10 Å². The predicted molar refractivity (Wildman–Crippen MR) is 57.4 cm³/mol. The van der Waals surface area contributed by atoms with E-state index in [2.05, 4.69) is 15.9 Å². The maximum Gasteiger partial charge on any atom is 0.0790 e. The van der Waals surface area contributed by atoms with Crippen molar-refractivity contribution in [2.45, 2.75) is 18.9 Å². The van der Waals surface area contributed by atoms with Gasteiger partial charge in [-0.15, -0.1) is 0 Å². The van der Waals surface area contributed by atoms with Gasteiger partial charge in [0.2, 0.25) is 0 Å². The molecule has 0 aromatic heterocycles. The lowest BCUT2D eigenvalue weighted by Crippen LogP contribution is -2.03. The molecule has 72 valence electrons. The Morgan fingerprint density at radius 2 is 1.92 bits per heavy atom. The fourth-order valence-corrected chi connectivity index (χ4v) is 1.43. The molecule has 0 unspecified atom stereocenters. The second kappa shape index (κ2) is 5.37. The van der Waals surface area contributed by atoms with Crippen LogP contribution in [0.3, 0.4) is 0 Å². The normalized spacial score (nSPS) is 12.8. The number of aliphatic hydroxyl groups excluding tert-OH is 1. The zero-order chi connectivity index (χ0) is 9.68. The summed E-state index contributed by atoms with van der Waals surface area (Å²) in [6, 6.07) is 7.71. The molecule has 0 amide bonds. The van der Waals surface area contributed by atoms with Crippen molar-refractivity contribution in [3.8, 4) is 0 Å². The van der Waals surface area contributed by atoms with Gasteiger partial charge in [0.15, 0.2) is 0 Å². The Balaban J connectivity index is 2.55. The van der Waals surface area contributed by atoms with Gasteiger partial charge in [0, 0.05) is 4.47 Å². The van der Waals surface area contributed by atoms with Crippen molar-refractivity contribution in [2.24, 2.45) is 5.73 Å². The molecule has 0 heterocycles. The summed E-state index contributed by atoms with van der Waals surface area (Å²) in [6.45, 7) is 0.633. The van der Waals surface area contributed by atoms with Gasteiger partial charge >= 0.3 is 0 Å². The maximum atomic E-state index is 9.67. The summed E-state index contributed by atoms with van der Waals surface area (Å²) in [5.74, 6) is 0. The lowest BCUT2D eigenvalue weighted by molar-refractivity contribution is 0.165. The van der Waals surface area contributed by atoms with Crippen LogP contribution in [0.4, 0.5) is 0 Å². The van der Waals surface area contributed by atoms with Crippen molar-refractivity contribution < 1.29 is 5.11 Å². The van der Waals surface area contributed by atoms with E-state index in [9.17, 15) is 5.11 Å². The highest BCUT2D eigenvalue weighted by molar-refractivity contribution is 9.10. The molecule has 1 aromatic rings. The van der Waals surface area contributed by atoms with Gasteiger partial charge in [-0.05, 0) is 37.1 Å². The van der Waals surface area contributed by atoms with E-state index in [0.717, 1.165) is 22.9 Å². The molecule has 0 aliphatic heterocycles. The minimum Gasteiger partial charge on any atom is -0.388 e. The van der Waals surface area contributed by atoms with Crippen LogP contribution in [0.25, 0.3) is 0 Å². The lowest BCUT2D eigenvalue weighted by atomic mass is 10.1. The van der Waals surface area contributed by atoms with Gasteiger partial charge in [0.25, 0.3) is 0 Å². The molecule has 13 heavy (non-hydrogen) atoms. The molecule has 2 nitrogen and oxygen atoms in total. The molecule has 0 spiro atoms. The van der Waals surface area contributed by atoms with E-state index in [1.54, 1.807) is 0 Å². The van der Waals surface area contributed by atoms with Gasteiger partial charge in [-0.25, -0.2) is 0 Å². The molecule has 0 fully saturated rings. The summed E-state index contributed by atoms with van der Waals surface area (Å²) in [5.41, 5.74) is 6.32. The van der Waals surface area contributed by atoms with Gasteiger partial charge in [-0.3, -0.25) is 0 Å². The number of benzene rings is 1. The van der Waals surface area contributed by atoms with Gasteiger partial charge in [0.1, 0.15) is 0 Å². The Labute approximate surface area is 86.9 Å². The SMILES string of the molecule is NCCC[C@H](O)c1ccc(Br)cc1. The number of nitrogens with two attached hydrogens (primary N) is 1. The first-order chi connectivity index (χ1) is 6.24. The molecule has 1 atom stereocenters. The Morgan fingerprint density at radius 3 is 2.46 bits per heavy atom. The van der Waals surface area contributed by atoms with E-state index < -0.39 is 0 Å². The van der Waals surface area contributed by atoms with Crippen molar-refractivity contribution in [1.82, 2.24) is 0 Å². The molecule has 0 aliphatic rings. The summed E-state index contributed by atoms with van der Waals surface area (Å²) in [6.07, 6.45) is 1.21. The Morgan fingerprint density at radius 1 is 1.31 bits per heavy atom. The van der Waals surface area contributed by atoms with Crippen LogP contribution in [0, 0.1) is 0 Å². The van der Waals surface area contributed by atoms with E-state index in [4.69, 9.17) is 5.73 Å². The summed E-state index contributed by atoms with van der Waals surface area (Å²) in [7, 11) is 0. The van der Waals surface area contributed by atoms with E-state index in [-0.39, 0.29) is 6.10 Å². The van der Waals surface area contributed by atoms with Crippen LogP contribution in [0.2, 0.25) is 0 Å². The molecule has 0 saturated heterocycles. The quantitative estimate of drug-likeness (QED) is 0.853. The summed E-state index contributed by atoms with van der Waals surface area (Å²) >= 11 is 3.35. The second-order valence-corrected chi connectivity index (χ2v) is 3.91. The van der Waals surface area contributed by atoms with E-state index in [1.807, 2.05) is 24.3 Å². The van der Waals surface area contributed by atoms with Crippen LogP contribution < -0.4 is 5.73 Å². The van der Waals surface area contributed by atoms with Crippen LogP contribution in [0.1, 0.15) is 24.5 Å². The summed E-state index contributed by atoms with van der Waals surface area (Å²) in [4.78, 5) is 0. The predicted octanol–water partition coefficient (Wildman–Crippen LogP) is 2.22. The van der Waals surface area contributed by atoms with Crippen molar-refractivity contribution >= 4 is 15.9 Å². The van der Waals surface area contributed by atoms with Crippen LogP contribution in [-0.4, -0.2) is 11.7 Å². The number of aliphatic hydroxyl groups is 1. The zero-order valence-corrected chi connectivity index (χ0v) is 9.00. The average Bonchev–Trinajstić information content (AvgIpc) is 2.15. The zero-order valence-electron chi connectivity index (χ0n) is 7.41. The highest BCUT2D eigenvalue weighted by Gasteiger charge is 2.05. The summed E-state index contributed by atoms with van der Waals surface area (Å²) in [5, 5.41) is 9.67. The summed E-state index contributed by atoms with van der Waals surface area (Å²) < 4.78 is 1.03. The van der Waals surface area contributed by atoms with Gasteiger partial charge in [-0.2, -0.15) is 0 Å². The Hall–Kier alpha value is -0.380. The fraction of sp³-hybridized carbons (Fsp3) is 0.400.